The molecule has 3 rings (SSSR count). The lowest BCUT2D eigenvalue weighted by molar-refractivity contribution is 0.412. The number of benzene rings is 1. The molecule has 124 valence electrons. The van der Waals surface area contributed by atoms with E-state index in [1.165, 1.54) is 6.42 Å². The van der Waals surface area contributed by atoms with Crippen molar-refractivity contribution in [2.75, 3.05) is 0 Å². The number of aromatic nitrogens is 1. The number of hydrogen-bond donors (Lipinski definition) is 1. The average Bonchev–Trinajstić information content (AvgIpc) is 2.94. The molecule has 0 aliphatic heterocycles. The fraction of sp³-hybridized carbons (Fsp3) is 0.471. The van der Waals surface area contributed by atoms with Gasteiger partial charge in [0, 0.05) is 17.0 Å². The Labute approximate surface area is 142 Å². The SMILES string of the molecule is Cc1nc(-c2ccc(C)c(S(=O)(=O)NC3CCCCC3)c2)cs1. The van der Waals surface area contributed by atoms with E-state index < -0.39 is 10.0 Å². The number of sulfonamides is 1. The molecule has 0 radical (unpaired) electrons. The molecule has 0 unspecified atom stereocenters. The van der Waals surface area contributed by atoms with E-state index in [1.54, 1.807) is 17.4 Å². The quantitative estimate of drug-likeness (QED) is 0.905. The Morgan fingerprint density at radius 2 is 1.91 bits per heavy atom. The fourth-order valence-electron chi connectivity index (χ4n) is 3.05. The Morgan fingerprint density at radius 1 is 1.17 bits per heavy atom. The van der Waals surface area contributed by atoms with Crippen molar-refractivity contribution in [1.29, 1.82) is 0 Å². The molecule has 1 saturated carbocycles. The summed E-state index contributed by atoms with van der Waals surface area (Å²) in [5.41, 5.74) is 2.45. The van der Waals surface area contributed by atoms with E-state index in [1.807, 2.05) is 31.4 Å². The smallest absolute Gasteiger partial charge is 0.241 e. The van der Waals surface area contributed by atoms with E-state index in [9.17, 15) is 8.42 Å². The van der Waals surface area contributed by atoms with Gasteiger partial charge in [0.25, 0.3) is 0 Å². The predicted molar refractivity (Wildman–Crippen MR) is 94.2 cm³/mol. The Kier molecular flexibility index (Phi) is 4.85. The first kappa shape index (κ1) is 16.6. The molecule has 4 nitrogen and oxygen atoms in total. The Balaban J connectivity index is 1.91. The number of hydrogen-bond acceptors (Lipinski definition) is 4. The minimum absolute atomic E-state index is 0.0679. The van der Waals surface area contributed by atoms with Gasteiger partial charge in [-0.15, -0.1) is 11.3 Å². The van der Waals surface area contributed by atoms with Crippen LogP contribution in [0.1, 0.15) is 42.7 Å². The van der Waals surface area contributed by atoms with Crippen molar-refractivity contribution in [3.05, 3.63) is 34.2 Å². The van der Waals surface area contributed by atoms with Gasteiger partial charge < -0.3 is 0 Å². The van der Waals surface area contributed by atoms with Gasteiger partial charge in [-0.1, -0.05) is 31.4 Å². The summed E-state index contributed by atoms with van der Waals surface area (Å²) >= 11 is 1.57. The Hall–Kier alpha value is -1.24. The van der Waals surface area contributed by atoms with E-state index in [-0.39, 0.29) is 6.04 Å². The fourth-order valence-corrected chi connectivity index (χ4v) is 5.25. The van der Waals surface area contributed by atoms with Gasteiger partial charge in [-0.25, -0.2) is 18.1 Å². The normalized spacial score (nSPS) is 16.6. The molecule has 0 amide bonds. The molecule has 0 spiro atoms. The van der Waals surface area contributed by atoms with Crippen molar-refractivity contribution in [3.63, 3.8) is 0 Å². The van der Waals surface area contributed by atoms with Crippen LogP contribution in [0, 0.1) is 13.8 Å². The molecule has 2 aromatic rings. The van der Waals surface area contributed by atoms with Crippen molar-refractivity contribution in [3.8, 4) is 11.3 Å². The van der Waals surface area contributed by atoms with Crippen molar-refractivity contribution in [2.24, 2.45) is 0 Å². The lowest BCUT2D eigenvalue weighted by Crippen LogP contribution is -2.36. The highest BCUT2D eigenvalue weighted by molar-refractivity contribution is 7.89. The highest BCUT2D eigenvalue weighted by atomic mass is 32.2. The maximum absolute atomic E-state index is 12.8. The summed E-state index contributed by atoms with van der Waals surface area (Å²) in [5.74, 6) is 0. The number of nitrogens with zero attached hydrogens (tertiary/aromatic N) is 1. The highest BCUT2D eigenvalue weighted by Crippen LogP contribution is 2.27. The van der Waals surface area contributed by atoms with E-state index in [0.29, 0.717) is 4.90 Å². The second kappa shape index (κ2) is 6.71. The van der Waals surface area contributed by atoms with Crippen molar-refractivity contribution in [2.45, 2.75) is 56.9 Å². The van der Waals surface area contributed by atoms with E-state index >= 15 is 0 Å². The van der Waals surface area contributed by atoms with Crippen LogP contribution in [0.2, 0.25) is 0 Å². The van der Waals surface area contributed by atoms with E-state index in [2.05, 4.69) is 9.71 Å². The van der Waals surface area contributed by atoms with Gasteiger partial charge in [0.2, 0.25) is 10.0 Å². The lowest BCUT2D eigenvalue weighted by Gasteiger charge is -2.23. The zero-order chi connectivity index (χ0) is 16.4. The zero-order valence-corrected chi connectivity index (χ0v) is 15.1. The molecule has 0 bridgehead atoms. The molecule has 23 heavy (non-hydrogen) atoms. The number of rotatable bonds is 4. The Bertz CT molecular complexity index is 791. The van der Waals surface area contributed by atoms with Crippen LogP contribution in [0.4, 0.5) is 0 Å². The second-order valence-electron chi connectivity index (χ2n) is 6.19. The molecular formula is C17H22N2O2S2. The van der Waals surface area contributed by atoms with Crippen LogP contribution in [0.5, 0.6) is 0 Å². The third-order valence-electron chi connectivity index (χ3n) is 4.32. The van der Waals surface area contributed by atoms with Gasteiger partial charge >= 0.3 is 0 Å². The number of aryl methyl sites for hydroxylation is 2. The van der Waals surface area contributed by atoms with Crippen LogP contribution in [0.25, 0.3) is 11.3 Å². The highest BCUT2D eigenvalue weighted by Gasteiger charge is 2.23. The molecule has 1 heterocycles. The largest absolute Gasteiger partial charge is 0.242 e. The lowest BCUT2D eigenvalue weighted by atomic mass is 9.96. The van der Waals surface area contributed by atoms with Crippen LogP contribution in [0.15, 0.2) is 28.5 Å². The summed E-state index contributed by atoms with van der Waals surface area (Å²) in [6, 6.07) is 5.61. The summed E-state index contributed by atoms with van der Waals surface area (Å²) in [7, 11) is -3.49. The standard InChI is InChI=1S/C17H22N2O2S2/c1-12-8-9-14(16-11-22-13(2)18-16)10-17(12)23(20,21)19-15-6-4-3-5-7-15/h8-11,15,19H,3-7H2,1-2H3. The van der Waals surface area contributed by atoms with Gasteiger partial charge in [0.05, 0.1) is 15.6 Å². The summed E-state index contributed by atoms with van der Waals surface area (Å²) < 4.78 is 28.5. The number of thiazole rings is 1. The Morgan fingerprint density at radius 3 is 2.57 bits per heavy atom. The van der Waals surface area contributed by atoms with Gasteiger partial charge in [-0.3, -0.25) is 0 Å². The molecular weight excluding hydrogens is 328 g/mol. The van der Waals surface area contributed by atoms with E-state index in [4.69, 9.17) is 0 Å². The first-order valence-corrected chi connectivity index (χ1v) is 10.4. The molecule has 1 aromatic heterocycles. The van der Waals surface area contributed by atoms with Gasteiger partial charge in [0.15, 0.2) is 0 Å². The molecule has 0 saturated heterocycles. The van der Waals surface area contributed by atoms with E-state index in [0.717, 1.165) is 47.5 Å². The predicted octanol–water partition coefficient (Wildman–Crippen LogP) is 4.04. The van der Waals surface area contributed by atoms with Crippen LogP contribution >= 0.6 is 11.3 Å². The molecule has 0 atom stereocenters. The zero-order valence-electron chi connectivity index (χ0n) is 13.5. The van der Waals surface area contributed by atoms with Gasteiger partial charge in [0.1, 0.15) is 0 Å². The number of nitrogens with one attached hydrogen (secondary N) is 1. The molecule has 6 heteroatoms. The van der Waals surface area contributed by atoms with Crippen molar-refractivity contribution >= 4 is 21.4 Å². The first-order chi connectivity index (χ1) is 11.0. The molecule has 1 aliphatic carbocycles. The monoisotopic (exact) mass is 350 g/mol. The summed E-state index contributed by atoms with van der Waals surface area (Å²) in [6.45, 7) is 3.79. The second-order valence-corrected chi connectivity index (χ2v) is 8.93. The summed E-state index contributed by atoms with van der Waals surface area (Å²) in [5, 5.41) is 2.94. The van der Waals surface area contributed by atoms with Gasteiger partial charge in [-0.05, 0) is 38.3 Å². The topological polar surface area (TPSA) is 59.1 Å². The molecule has 1 N–H and O–H groups in total. The van der Waals surface area contributed by atoms with Crippen LogP contribution in [0.3, 0.4) is 0 Å². The summed E-state index contributed by atoms with van der Waals surface area (Å²) in [6.07, 6.45) is 5.27. The minimum atomic E-state index is -3.49. The maximum Gasteiger partial charge on any atom is 0.241 e. The minimum Gasteiger partial charge on any atom is -0.242 e. The summed E-state index contributed by atoms with van der Waals surface area (Å²) in [4.78, 5) is 4.82. The van der Waals surface area contributed by atoms with Crippen LogP contribution in [-0.2, 0) is 10.0 Å². The molecule has 1 aliphatic rings. The van der Waals surface area contributed by atoms with Crippen LogP contribution < -0.4 is 4.72 Å². The molecule has 1 aromatic carbocycles. The van der Waals surface area contributed by atoms with Crippen LogP contribution in [-0.4, -0.2) is 19.4 Å². The van der Waals surface area contributed by atoms with Crippen molar-refractivity contribution in [1.82, 2.24) is 9.71 Å². The third-order valence-corrected chi connectivity index (χ3v) is 6.76. The average molecular weight is 351 g/mol. The molecule has 1 fully saturated rings. The van der Waals surface area contributed by atoms with Gasteiger partial charge in [-0.2, -0.15) is 0 Å². The van der Waals surface area contributed by atoms with Crippen molar-refractivity contribution < 1.29 is 8.42 Å². The third kappa shape index (κ3) is 3.82. The first-order valence-electron chi connectivity index (χ1n) is 8.01. The maximum atomic E-state index is 12.8.